The Morgan fingerprint density at radius 1 is 1.32 bits per heavy atom. The van der Waals surface area contributed by atoms with Crippen molar-refractivity contribution in [1.82, 2.24) is 20.3 Å². The van der Waals surface area contributed by atoms with Gasteiger partial charge in [-0.1, -0.05) is 0 Å². The summed E-state index contributed by atoms with van der Waals surface area (Å²) in [5.41, 5.74) is 3.43. The highest BCUT2D eigenvalue weighted by Crippen LogP contribution is 2.27. The number of hydrogen-bond donors (Lipinski definition) is 2. The first-order chi connectivity index (χ1) is 13.5. The summed E-state index contributed by atoms with van der Waals surface area (Å²) in [7, 11) is 1.52. The Bertz CT molecular complexity index is 1130. The number of rotatable bonds is 5. The van der Waals surface area contributed by atoms with Gasteiger partial charge < -0.3 is 15.0 Å². The normalized spacial score (nSPS) is 13.0. The second-order valence-electron chi connectivity index (χ2n) is 6.99. The number of amides is 1. The summed E-state index contributed by atoms with van der Waals surface area (Å²) in [5, 5.41) is 3.54. The first-order valence-electron chi connectivity index (χ1n) is 9.31. The van der Waals surface area contributed by atoms with E-state index in [1.54, 1.807) is 0 Å². The van der Waals surface area contributed by atoms with Crippen molar-refractivity contribution < 1.29 is 9.53 Å². The number of hydrogen-bond acceptors (Lipinski definition) is 6. The molecule has 2 N–H and O–H groups in total. The molecule has 28 heavy (non-hydrogen) atoms. The second kappa shape index (κ2) is 7.35. The van der Waals surface area contributed by atoms with E-state index in [4.69, 9.17) is 4.74 Å². The quantitative estimate of drug-likeness (QED) is 0.688. The molecular formula is C20H22N4O3S. The number of ether oxygens (including phenoxy) is 1. The molecule has 0 spiro atoms. The molecule has 1 amide bonds. The van der Waals surface area contributed by atoms with Crippen LogP contribution in [0.4, 0.5) is 0 Å². The van der Waals surface area contributed by atoms with Crippen LogP contribution in [-0.4, -0.2) is 34.5 Å². The Hall–Kier alpha value is -2.74. The third-order valence-electron chi connectivity index (χ3n) is 5.19. The van der Waals surface area contributed by atoms with E-state index in [9.17, 15) is 9.59 Å². The molecule has 3 aromatic rings. The van der Waals surface area contributed by atoms with Gasteiger partial charge >= 0.3 is 0 Å². The standard InChI is InChI=1S/C20H22N4O3S/c1-10-11(2)28-20-16(10)18(26)23-15(24-20)7-8-21-17(25)13-9-12-5-4-6-14(12)22-19(13)27-3/h9H,4-8H2,1-3H3,(H,21,25)(H,23,24,26). The van der Waals surface area contributed by atoms with Gasteiger partial charge in [0.1, 0.15) is 16.2 Å². The van der Waals surface area contributed by atoms with Gasteiger partial charge in [0.25, 0.3) is 11.5 Å². The molecule has 3 heterocycles. The second-order valence-corrected chi connectivity index (χ2v) is 8.19. The molecule has 3 aromatic heterocycles. The fourth-order valence-corrected chi connectivity index (χ4v) is 4.63. The maximum Gasteiger partial charge on any atom is 0.259 e. The molecule has 0 radical (unpaired) electrons. The smallest absolute Gasteiger partial charge is 0.259 e. The first-order valence-corrected chi connectivity index (χ1v) is 10.1. The van der Waals surface area contributed by atoms with Crippen LogP contribution in [0.2, 0.25) is 0 Å². The van der Waals surface area contributed by atoms with E-state index in [0.717, 1.165) is 45.8 Å². The van der Waals surface area contributed by atoms with Crippen molar-refractivity contribution in [1.29, 1.82) is 0 Å². The molecule has 1 aliphatic carbocycles. The average molecular weight is 398 g/mol. The number of pyridine rings is 1. The topological polar surface area (TPSA) is 97.0 Å². The third-order valence-corrected chi connectivity index (χ3v) is 6.29. The van der Waals surface area contributed by atoms with Crippen LogP contribution in [0.5, 0.6) is 5.88 Å². The van der Waals surface area contributed by atoms with Gasteiger partial charge in [-0.05, 0) is 50.3 Å². The van der Waals surface area contributed by atoms with Crippen molar-refractivity contribution in [3.05, 3.63) is 49.5 Å². The van der Waals surface area contributed by atoms with Crippen molar-refractivity contribution in [3.63, 3.8) is 0 Å². The molecule has 146 valence electrons. The number of fused-ring (bicyclic) bond motifs is 2. The number of carbonyl (C=O) groups excluding carboxylic acids is 1. The minimum atomic E-state index is -0.231. The van der Waals surface area contributed by atoms with Crippen LogP contribution >= 0.6 is 11.3 Å². The van der Waals surface area contributed by atoms with E-state index in [1.807, 2.05) is 19.9 Å². The predicted octanol–water partition coefficient (Wildman–Crippen LogP) is 2.47. The third kappa shape index (κ3) is 3.28. The first kappa shape index (κ1) is 18.6. The molecule has 8 heteroatoms. The van der Waals surface area contributed by atoms with Crippen LogP contribution in [0.15, 0.2) is 10.9 Å². The van der Waals surface area contributed by atoms with E-state index in [0.29, 0.717) is 35.6 Å². The van der Waals surface area contributed by atoms with E-state index >= 15 is 0 Å². The highest BCUT2D eigenvalue weighted by Gasteiger charge is 2.21. The maximum atomic E-state index is 12.6. The lowest BCUT2D eigenvalue weighted by molar-refractivity contribution is 0.0950. The largest absolute Gasteiger partial charge is 0.480 e. The van der Waals surface area contributed by atoms with Crippen molar-refractivity contribution in [2.45, 2.75) is 39.5 Å². The maximum absolute atomic E-state index is 12.6. The van der Waals surface area contributed by atoms with Gasteiger partial charge in [0.15, 0.2) is 0 Å². The number of methoxy groups -OCH3 is 1. The number of nitrogens with zero attached hydrogens (tertiary/aromatic N) is 2. The Morgan fingerprint density at radius 3 is 2.93 bits per heavy atom. The lowest BCUT2D eigenvalue weighted by atomic mass is 10.1. The van der Waals surface area contributed by atoms with Gasteiger partial charge in [-0.15, -0.1) is 11.3 Å². The number of carbonyl (C=O) groups is 1. The van der Waals surface area contributed by atoms with Gasteiger partial charge in [-0.3, -0.25) is 9.59 Å². The number of nitrogens with one attached hydrogen (secondary N) is 2. The molecule has 0 fully saturated rings. The zero-order valence-corrected chi connectivity index (χ0v) is 17.0. The molecule has 0 aromatic carbocycles. The van der Waals surface area contributed by atoms with Gasteiger partial charge in [0.2, 0.25) is 5.88 Å². The highest BCUT2D eigenvalue weighted by molar-refractivity contribution is 7.18. The Balaban J connectivity index is 1.48. The zero-order chi connectivity index (χ0) is 19.8. The van der Waals surface area contributed by atoms with Crippen molar-refractivity contribution in [2.75, 3.05) is 13.7 Å². The number of aromatic amines is 1. The van der Waals surface area contributed by atoms with Gasteiger partial charge in [0, 0.05) is 23.5 Å². The van der Waals surface area contributed by atoms with Gasteiger partial charge in [0.05, 0.1) is 12.5 Å². The van der Waals surface area contributed by atoms with E-state index in [-0.39, 0.29) is 11.5 Å². The minimum Gasteiger partial charge on any atom is -0.480 e. The SMILES string of the molecule is COc1nc2c(cc1C(=O)NCCc1nc3sc(C)c(C)c3c(=O)[nH]1)CCC2. The lowest BCUT2D eigenvalue weighted by Gasteiger charge is -2.11. The van der Waals surface area contributed by atoms with Crippen LogP contribution in [0, 0.1) is 13.8 Å². The summed E-state index contributed by atoms with van der Waals surface area (Å²) in [6.07, 6.45) is 3.36. The molecule has 1 aliphatic rings. The molecular weight excluding hydrogens is 376 g/mol. The summed E-state index contributed by atoms with van der Waals surface area (Å²) in [5.74, 6) is 0.694. The molecule has 0 bridgehead atoms. The van der Waals surface area contributed by atoms with Crippen molar-refractivity contribution >= 4 is 27.5 Å². The summed E-state index contributed by atoms with van der Waals surface area (Å²) in [6, 6.07) is 1.88. The van der Waals surface area contributed by atoms with Crippen LogP contribution in [0.1, 0.15) is 44.3 Å². The summed E-state index contributed by atoms with van der Waals surface area (Å²) >= 11 is 1.52. The van der Waals surface area contributed by atoms with Crippen LogP contribution in [0.25, 0.3) is 10.2 Å². The van der Waals surface area contributed by atoms with Crippen LogP contribution in [-0.2, 0) is 19.3 Å². The summed E-state index contributed by atoms with van der Waals surface area (Å²) < 4.78 is 5.30. The van der Waals surface area contributed by atoms with Gasteiger partial charge in [-0.2, -0.15) is 0 Å². The number of H-pyrrole nitrogens is 1. The lowest BCUT2D eigenvalue weighted by Crippen LogP contribution is -2.27. The fraction of sp³-hybridized carbons (Fsp3) is 0.400. The minimum absolute atomic E-state index is 0.127. The zero-order valence-electron chi connectivity index (χ0n) is 16.1. The van der Waals surface area contributed by atoms with E-state index in [2.05, 4.69) is 20.3 Å². The highest BCUT2D eigenvalue weighted by atomic mass is 32.1. The number of aryl methyl sites for hydroxylation is 4. The van der Waals surface area contributed by atoms with Crippen molar-refractivity contribution in [2.24, 2.45) is 0 Å². The number of thiophene rings is 1. The summed E-state index contributed by atoms with van der Waals surface area (Å²) in [4.78, 5) is 38.6. The van der Waals surface area contributed by atoms with Gasteiger partial charge in [-0.25, -0.2) is 9.97 Å². The average Bonchev–Trinajstić information content (AvgIpc) is 3.24. The molecule has 0 aliphatic heterocycles. The summed E-state index contributed by atoms with van der Waals surface area (Å²) in [6.45, 7) is 4.28. The monoisotopic (exact) mass is 398 g/mol. The van der Waals surface area contributed by atoms with Crippen LogP contribution in [0.3, 0.4) is 0 Å². The molecule has 0 saturated carbocycles. The molecule has 0 atom stereocenters. The fourth-order valence-electron chi connectivity index (χ4n) is 3.58. The Kier molecular flexibility index (Phi) is 4.89. The Morgan fingerprint density at radius 2 is 2.14 bits per heavy atom. The van der Waals surface area contributed by atoms with E-state index < -0.39 is 0 Å². The Labute approximate surface area is 166 Å². The van der Waals surface area contributed by atoms with Crippen molar-refractivity contribution in [3.8, 4) is 5.88 Å². The molecule has 4 rings (SSSR count). The van der Waals surface area contributed by atoms with E-state index in [1.165, 1.54) is 18.4 Å². The van der Waals surface area contributed by atoms with Crippen LogP contribution < -0.4 is 15.6 Å². The number of aromatic nitrogens is 3. The molecule has 0 unspecified atom stereocenters. The molecule has 7 nitrogen and oxygen atoms in total. The molecule has 0 saturated heterocycles. The predicted molar refractivity (Wildman–Crippen MR) is 109 cm³/mol.